The van der Waals surface area contributed by atoms with Gasteiger partial charge in [-0.25, -0.2) is 9.78 Å². The van der Waals surface area contributed by atoms with Crippen molar-refractivity contribution in [1.82, 2.24) is 14.6 Å². The van der Waals surface area contributed by atoms with Crippen molar-refractivity contribution in [2.24, 2.45) is 0 Å². The van der Waals surface area contributed by atoms with E-state index in [9.17, 15) is 9.59 Å². The average Bonchev–Trinajstić information content (AvgIpc) is 2.83. The molecule has 0 atom stereocenters. The Kier molecular flexibility index (Phi) is 4.30. The summed E-state index contributed by atoms with van der Waals surface area (Å²) in [5, 5.41) is 15.9. The quantitative estimate of drug-likeness (QED) is 0.506. The van der Waals surface area contributed by atoms with Crippen LogP contribution in [-0.4, -0.2) is 27.2 Å². The Morgan fingerprint density at radius 3 is 3.10 bits per heavy atom. The molecule has 1 N–H and O–H groups in total. The Morgan fingerprint density at radius 1 is 1.67 bits per heavy atom. The van der Waals surface area contributed by atoms with Crippen molar-refractivity contribution in [3.8, 4) is 6.07 Å². The minimum Gasteiger partial charge on any atom is -0.462 e. The first-order chi connectivity index (χ1) is 10.0. The van der Waals surface area contributed by atoms with Crippen LogP contribution in [0.25, 0.3) is 4.96 Å². The second-order valence-corrected chi connectivity index (χ2v) is 4.83. The van der Waals surface area contributed by atoms with Crippen LogP contribution in [0.2, 0.25) is 0 Å². The van der Waals surface area contributed by atoms with Crippen molar-refractivity contribution < 1.29 is 9.53 Å². The zero-order chi connectivity index (χ0) is 15.4. The lowest BCUT2D eigenvalue weighted by atomic mass is 10.3. The molecule has 0 spiro atoms. The first kappa shape index (κ1) is 14.7. The molecule has 0 saturated carbocycles. The van der Waals surface area contributed by atoms with Gasteiger partial charge in [-0.1, -0.05) is 11.3 Å². The zero-order valence-electron chi connectivity index (χ0n) is 11.3. The fourth-order valence-electron chi connectivity index (χ4n) is 1.46. The number of aryl methyl sites for hydroxylation is 1. The lowest BCUT2D eigenvalue weighted by Crippen LogP contribution is -2.14. The Morgan fingerprint density at radius 2 is 2.43 bits per heavy atom. The monoisotopic (exact) mass is 305 g/mol. The number of carbonyl (C=O) groups excluding carboxylic acids is 1. The molecular formula is C12H11N5O3S. The van der Waals surface area contributed by atoms with Crippen molar-refractivity contribution in [3.05, 3.63) is 33.9 Å². The maximum absolute atomic E-state index is 11.7. The highest BCUT2D eigenvalue weighted by atomic mass is 32.1. The van der Waals surface area contributed by atoms with E-state index in [0.29, 0.717) is 15.8 Å². The van der Waals surface area contributed by atoms with Crippen LogP contribution in [0, 0.1) is 18.3 Å². The van der Waals surface area contributed by atoms with E-state index in [1.807, 2.05) is 0 Å². The van der Waals surface area contributed by atoms with Crippen LogP contribution >= 0.6 is 11.3 Å². The molecule has 2 aromatic rings. The third kappa shape index (κ3) is 3.24. The van der Waals surface area contributed by atoms with Crippen LogP contribution in [0.3, 0.4) is 0 Å². The number of hydrogen-bond acceptors (Lipinski definition) is 8. The smallest absolute Gasteiger partial charge is 0.350 e. The van der Waals surface area contributed by atoms with Gasteiger partial charge in [0, 0.05) is 18.0 Å². The van der Waals surface area contributed by atoms with Gasteiger partial charge in [0.25, 0.3) is 5.56 Å². The second kappa shape index (κ2) is 6.15. The molecular weight excluding hydrogens is 294 g/mol. The Balaban J connectivity index is 2.28. The van der Waals surface area contributed by atoms with E-state index < -0.39 is 5.97 Å². The minimum absolute atomic E-state index is 0.178. The summed E-state index contributed by atoms with van der Waals surface area (Å²) < 4.78 is 5.87. The third-order valence-electron chi connectivity index (χ3n) is 2.33. The molecule has 0 aliphatic rings. The normalized spacial score (nSPS) is 11.2. The number of ether oxygens (including phenoxy) is 1. The molecule has 2 aromatic heterocycles. The van der Waals surface area contributed by atoms with Gasteiger partial charge in [0.15, 0.2) is 5.57 Å². The maximum Gasteiger partial charge on any atom is 0.350 e. The number of fused-ring (bicyclic) bond motifs is 1. The summed E-state index contributed by atoms with van der Waals surface area (Å²) >= 11 is 1.13. The highest BCUT2D eigenvalue weighted by Crippen LogP contribution is 2.16. The highest BCUT2D eigenvalue weighted by molar-refractivity contribution is 7.20. The fourth-order valence-corrected chi connectivity index (χ4v) is 2.28. The van der Waals surface area contributed by atoms with Gasteiger partial charge in [-0.3, -0.25) is 4.79 Å². The summed E-state index contributed by atoms with van der Waals surface area (Å²) in [6.45, 7) is 3.54. The maximum atomic E-state index is 11.7. The lowest BCUT2D eigenvalue weighted by Gasteiger charge is -1.99. The molecule has 108 valence electrons. The van der Waals surface area contributed by atoms with Crippen LogP contribution in [0.15, 0.2) is 22.6 Å². The molecule has 0 amide bonds. The molecule has 0 aliphatic carbocycles. The van der Waals surface area contributed by atoms with Crippen LogP contribution in [0.4, 0.5) is 5.13 Å². The first-order valence-electron chi connectivity index (χ1n) is 5.96. The first-order valence-corrected chi connectivity index (χ1v) is 6.78. The van der Waals surface area contributed by atoms with Crippen molar-refractivity contribution >= 4 is 27.4 Å². The predicted octanol–water partition coefficient (Wildman–Crippen LogP) is 0.842. The summed E-state index contributed by atoms with van der Waals surface area (Å²) in [7, 11) is 0. The fraction of sp³-hybridized carbons (Fsp3) is 0.250. The number of carbonyl (C=O) groups is 1. The standard InChI is InChI=1S/C12H11N5O3S/c1-3-20-10(19)8(5-13)6-14-11-16-17-9(18)4-7(2)15-12(17)21-11/h4,6H,3H2,1-2H3,(H,14,16)/b8-6+. The van der Waals surface area contributed by atoms with Gasteiger partial charge in [0.2, 0.25) is 10.1 Å². The van der Waals surface area contributed by atoms with E-state index >= 15 is 0 Å². The molecule has 0 aliphatic heterocycles. The number of esters is 1. The zero-order valence-corrected chi connectivity index (χ0v) is 12.1. The molecule has 2 heterocycles. The molecule has 0 radical (unpaired) electrons. The van der Waals surface area contributed by atoms with Crippen molar-refractivity contribution in [1.29, 1.82) is 5.26 Å². The topological polar surface area (TPSA) is 109 Å². The van der Waals surface area contributed by atoms with E-state index in [2.05, 4.69) is 15.4 Å². The van der Waals surface area contributed by atoms with E-state index in [1.54, 1.807) is 19.9 Å². The Labute approximate surface area is 123 Å². The minimum atomic E-state index is -0.722. The number of rotatable bonds is 4. The van der Waals surface area contributed by atoms with Gasteiger partial charge in [-0.15, -0.1) is 5.10 Å². The van der Waals surface area contributed by atoms with Crippen molar-refractivity contribution in [3.63, 3.8) is 0 Å². The third-order valence-corrected chi connectivity index (χ3v) is 3.17. The molecule has 0 bridgehead atoms. The van der Waals surface area contributed by atoms with Gasteiger partial charge >= 0.3 is 5.97 Å². The molecule has 0 unspecified atom stereocenters. The van der Waals surface area contributed by atoms with Crippen molar-refractivity contribution in [2.45, 2.75) is 13.8 Å². The van der Waals surface area contributed by atoms with E-state index in [0.717, 1.165) is 15.9 Å². The molecule has 0 saturated heterocycles. The molecule has 8 nitrogen and oxygen atoms in total. The highest BCUT2D eigenvalue weighted by Gasteiger charge is 2.11. The predicted molar refractivity (Wildman–Crippen MR) is 75.8 cm³/mol. The number of aromatic nitrogens is 3. The van der Waals surface area contributed by atoms with Crippen LogP contribution in [-0.2, 0) is 9.53 Å². The van der Waals surface area contributed by atoms with Crippen LogP contribution < -0.4 is 10.9 Å². The lowest BCUT2D eigenvalue weighted by molar-refractivity contribution is -0.138. The van der Waals surface area contributed by atoms with E-state index in [4.69, 9.17) is 10.00 Å². The summed E-state index contributed by atoms with van der Waals surface area (Å²) in [6, 6.07) is 3.09. The SMILES string of the molecule is CCOC(=O)/C(C#N)=C/Nc1nn2c(=O)cc(C)nc2s1. The summed E-state index contributed by atoms with van der Waals surface area (Å²) in [5.41, 5.74) is 0.110. The van der Waals surface area contributed by atoms with Gasteiger partial charge in [0.05, 0.1) is 6.61 Å². The average molecular weight is 305 g/mol. The van der Waals surface area contributed by atoms with Crippen molar-refractivity contribution in [2.75, 3.05) is 11.9 Å². The number of nitrogens with zero attached hydrogens (tertiary/aromatic N) is 4. The number of anilines is 1. The molecule has 21 heavy (non-hydrogen) atoms. The summed E-state index contributed by atoms with van der Waals surface area (Å²) in [6.07, 6.45) is 1.19. The summed E-state index contributed by atoms with van der Waals surface area (Å²) in [5.74, 6) is -0.722. The largest absolute Gasteiger partial charge is 0.462 e. The number of nitrogens with one attached hydrogen (secondary N) is 1. The van der Waals surface area contributed by atoms with Gasteiger partial charge < -0.3 is 10.1 Å². The van der Waals surface area contributed by atoms with Crippen LogP contribution in [0.5, 0.6) is 0 Å². The van der Waals surface area contributed by atoms with Gasteiger partial charge in [-0.2, -0.15) is 9.78 Å². The number of nitriles is 1. The number of hydrogen-bond donors (Lipinski definition) is 1. The Bertz CT molecular complexity index is 814. The van der Waals surface area contributed by atoms with E-state index in [-0.39, 0.29) is 17.7 Å². The van der Waals surface area contributed by atoms with E-state index in [1.165, 1.54) is 12.3 Å². The Hall–Kier alpha value is -2.73. The molecule has 0 fully saturated rings. The molecule has 2 rings (SSSR count). The van der Waals surface area contributed by atoms with Gasteiger partial charge in [-0.05, 0) is 13.8 Å². The van der Waals surface area contributed by atoms with Crippen LogP contribution in [0.1, 0.15) is 12.6 Å². The second-order valence-electron chi connectivity index (χ2n) is 3.87. The summed E-state index contributed by atoms with van der Waals surface area (Å²) in [4.78, 5) is 27.7. The molecule has 0 aromatic carbocycles. The molecule has 9 heteroatoms. The van der Waals surface area contributed by atoms with Gasteiger partial charge in [0.1, 0.15) is 6.07 Å².